The fraction of sp³-hybridized carbons (Fsp3) is 0.692. The predicted octanol–water partition coefficient (Wildman–Crippen LogP) is 2.06. The Morgan fingerprint density at radius 2 is 2.12 bits per heavy atom. The van der Waals surface area contributed by atoms with E-state index in [1.54, 1.807) is 12.5 Å². The van der Waals surface area contributed by atoms with E-state index in [1.807, 2.05) is 6.07 Å². The van der Waals surface area contributed by atoms with Gasteiger partial charge in [-0.15, -0.1) is 0 Å². The zero-order valence-electron chi connectivity index (χ0n) is 10.1. The van der Waals surface area contributed by atoms with E-state index in [-0.39, 0.29) is 0 Å². The minimum Gasteiger partial charge on any atom is -0.472 e. The van der Waals surface area contributed by atoms with Crippen molar-refractivity contribution in [3.05, 3.63) is 24.2 Å². The van der Waals surface area contributed by atoms with Gasteiger partial charge in [-0.2, -0.15) is 0 Å². The molecule has 1 aromatic rings. The van der Waals surface area contributed by atoms with Crippen molar-refractivity contribution in [3.63, 3.8) is 0 Å². The lowest BCUT2D eigenvalue weighted by Crippen LogP contribution is -2.47. The topological polar surface area (TPSA) is 36.6 Å². The van der Waals surface area contributed by atoms with Crippen LogP contribution >= 0.6 is 0 Å². The summed E-state index contributed by atoms with van der Waals surface area (Å²) >= 11 is 0. The van der Waals surface area contributed by atoms with Gasteiger partial charge in [0.2, 0.25) is 0 Å². The third kappa shape index (κ3) is 2.66. The maximum Gasteiger partial charge on any atom is 0.0935 e. The molecule has 0 bridgehead atoms. The molecule has 0 aliphatic carbocycles. The zero-order chi connectivity index (χ0) is 11.6. The summed E-state index contributed by atoms with van der Waals surface area (Å²) in [6.45, 7) is 6.40. The Morgan fingerprint density at radius 1 is 1.44 bits per heavy atom. The van der Waals surface area contributed by atoms with E-state index < -0.39 is 5.60 Å². The van der Waals surface area contributed by atoms with Crippen LogP contribution in [0.2, 0.25) is 0 Å². The van der Waals surface area contributed by atoms with Gasteiger partial charge in [0.1, 0.15) is 0 Å². The van der Waals surface area contributed by atoms with E-state index in [2.05, 4.69) is 18.7 Å². The second-order valence-corrected chi connectivity index (χ2v) is 5.16. The molecule has 2 rings (SSSR count). The summed E-state index contributed by atoms with van der Waals surface area (Å²) in [4.78, 5) is 2.42. The van der Waals surface area contributed by atoms with Crippen molar-refractivity contribution in [2.75, 3.05) is 13.1 Å². The van der Waals surface area contributed by atoms with Crippen LogP contribution in [0.4, 0.5) is 0 Å². The molecular weight excluding hydrogens is 202 g/mol. The first kappa shape index (κ1) is 11.7. The van der Waals surface area contributed by atoms with E-state index in [0.29, 0.717) is 6.04 Å². The van der Waals surface area contributed by atoms with Crippen LogP contribution in [0, 0.1) is 0 Å². The number of rotatable bonds is 3. The average molecular weight is 223 g/mol. The number of piperidine rings is 1. The molecule has 0 atom stereocenters. The van der Waals surface area contributed by atoms with Crippen LogP contribution in [-0.2, 0) is 6.42 Å². The molecule has 0 amide bonds. The first-order valence-corrected chi connectivity index (χ1v) is 6.07. The summed E-state index contributed by atoms with van der Waals surface area (Å²) in [5.74, 6) is 0. The third-order valence-corrected chi connectivity index (χ3v) is 3.57. The molecule has 0 unspecified atom stereocenters. The Kier molecular flexibility index (Phi) is 3.36. The highest BCUT2D eigenvalue weighted by molar-refractivity contribution is 5.10. The highest BCUT2D eigenvalue weighted by Crippen LogP contribution is 2.27. The Labute approximate surface area is 97.1 Å². The Balaban J connectivity index is 1.91. The minimum absolute atomic E-state index is 0.532. The zero-order valence-corrected chi connectivity index (χ0v) is 10.1. The molecule has 1 saturated heterocycles. The Morgan fingerprint density at radius 3 is 2.62 bits per heavy atom. The molecule has 1 aliphatic rings. The molecule has 0 radical (unpaired) electrons. The van der Waals surface area contributed by atoms with Crippen LogP contribution in [0.3, 0.4) is 0 Å². The molecule has 0 aromatic carbocycles. The lowest BCUT2D eigenvalue weighted by Gasteiger charge is -2.39. The molecule has 90 valence electrons. The van der Waals surface area contributed by atoms with E-state index in [0.717, 1.165) is 37.9 Å². The van der Waals surface area contributed by atoms with E-state index in [9.17, 15) is 5.11 Å². The Hall–Kier alpha value is -0.800. The van der Waals surface area contributed by atoms with Crippen LogP contribution in [0.25, 0.3) is 0 Å². The maximum atomic E-state index is 10.5. The molecule has 2 heterocycles. The summed E-state index contributed by atoms with van der Waals surface area (Å²) in [5, 5.41) is 10.5. The van der Waals surface area contributed by atoms with Crippen molar-refractivity contribution in [2.45, 2.75) is 44.8 Å². The molecule has 1 fully saturated rings. The molecule has 1 aliphatic heterocycles. The number of hydrogen-bond donors (Lipinski definition) is 1. The highest BCUT2D eigenvalue weighted by Gasteiger charge is 2.33. The molecule has 3 heteroatoms. The number of aliphatic hydroxyl groups is 1. The van der Waals surface area contributed by atoms with Crippen molar-refractivity contribution in [3.8, 4) is 0 Å². The van der Waals surface area contributed by atoms with Gasteiger partial charge in [0.15, 0.2) is 0 Å². The van der Waals surface area contributed by atoms with Gasteiger partial charge in [-0.25, -0.2) is 0 Å². The maximum absolute atomic E-state index is 10.5. The van der Waals surface area contributed by atoms with Crippen LogP contribution < -0.4 is 0 Å². The largest absolute Gasteiger partial charge is 0.472 e. The fourth-order valence-electron chi connectivity index (χ4n) is 2.41. The summed E-state index contributed by atoms with van der Waals surface area (Å²) < 4.78 is 5.04. The standard InChI is InChI=1S/C13H21NO2/c1-11(2)14-6-4-13(15,5-7-14)9-12-3-8-16-10-12/h3,8,10-11,15H,4-7,9H2,1-2H3. The average Bonchev–Trinajstić information content (AvgIpc) is 2.70. The predicted molar refractivity (Wildman–Crippen MR) is 63.3 cm³/mol. The van der Waals surface area contributed by atoms with Gasteiger partial charge < -0.3 is 14.4 Å². The molecule has 1 aromatic heterocycles. The number of furan rings is 1. The van der Waals surface area contributed by atoms with Gasteiger partial charge in [0.05, 0.1) is 18.1 Å². The summed E-state index contributed by atoms with van der Waals surface area (Å²) in [6, 6.07) is 2.52. The van der Waals surface area contributed by atoms with Gasteiger partial charge in [-0.05, 0) is 38.3 Å². The van der Waals surface area contributed by atoms with Crippen LogP contribution in [0.5, 0.6) is 0 Å². The fourth-order valence-corrected chi connectivity index (χ4v) is 2.41. The van der Waals surface area contributed by atoms with Gasteiger partial charge >= 0.3 is 0 Å². The lowest BCUT2D eigenvalue weighted by atomic mass is 9.86. The molecule has 0 saturated carbocycles. The molecule has 16 heavy (non-hydrogen) atoms. The van der Waals surface area contributed by atoms with Gasteiger partial charge in [-0.3, -0.25) is 0 Å². The minimum atomic E-state index is -0.532. The Bertz CT molecular complexity index is 311. The van der Waals surface area contributed by atoms with Gasteiger partial charge in [0.25, 0.3) is 0 Å². The van der Waals surface area contributed by atoms with Gasteiger partial charge in [0, 0.05) is 25.6 Å². The quantitative estimate of drug-likeness (QED) is 0.852. The molecule has 3 nitrogen and oxygen atoms in total. The molecule has 0 spiro atoms. The van der Waals surface area contributed by atoms with E-state index >= 15 is 0 Å². The van der Waals surface area contributed by atoms with Crippen molar-refractivity contribution < 1.29 is 9.52 Å². The number of likely N-dealkylation sites (tertiary alicyclic amines) is 1. The monoisotopic (exact) mass is 223 g/mol. The third-order valence-electron chi connectivity index (χ3n) is 3.57. The van der Waals surface area contributed by atoms with Gasteiger partial charge in [-0.1, -0.05) is 0 Å². The lowest BCUT2D eigenvalue weighted by molar-refractivity contribution is -0.0272. The first-order chi connectivity index (χ1) is 7.59. The highest BCUT2D eigenvalue weighted by atomic mass is 16.3. The van der Waals surface area contributed by atoms with Crippen molar-refractivity contribution in [2.24, 2.45) is 0 Å². The van der Waals surface area contributed by atoms with E-state index in [1.165, 1.54) is 0 Å². The molecular formula is C13H21NO2. The van der Waals surface area contributed by atoms with Crippen LogP contribution in [0.15, 0.2) is 23.0 Å². The van der Waals surface area contributed by atoms with Crippen molar-refractivity contribution in [1.82, 2.24) is 4.90 Å². The summed E-state index contributed by atoms with van der Waals surface area (Å²) in [5.41, 5.74) is 0.565. The SMILES string of the molecule is CC(C)N1CCC(O)(Cc2ccoc2)CC1. The van der Waals surface area contributed by atoms with Crippen LogP contribution in [0.1, 0.15) is 32.3 Å². The number of nitrogens with zero attached hydrogens (tertiary/aromatic N) is 1. The summed E-state index contributed by atoms with van der Waals surface area (Å²) in [6.07, 6.45) is 5.83. The second-order valence-electron chi connectivity index (χ2n) is 5.16. The van der Waals surface area contributed by atoms with E-state index in [4.69, 9.17) is 4.42 Å². The van der Waals surface area contributed by atoms with Crippen molar-refractivity contribution >= 4 is 0 Å². The second kappa shape index (κ2) is 4.60. The van der Waals surface area contributed by atoms with Crippen molar-refractivity contribution in [1.29, 1.82) is 0 Å². The normalized spacial score (nSPS) is 21.5. The molecule has 1 N–H and O–H groups in total. The summed E-state index contributed by atoms with van der Waals surface area (Å²) in [7, 11) is 0. The van der Waals surface area contributed by atoms with Crippen LogP contribution in [-0.4, -0.2) is 34.7 Å². The smallest absolute Gasteiger partial charge is 0.0935 e. The number of hydrogen-bond acceptors (Lipinski definition) is 3. The first-order valence-electron chi connectivity index (χ1n) is 6.07.